The summed E-state index contributed by atoms with van der Waals surface area (Å²) in [4.78, 5) is 12.0. The number of sulfonamides is 2. The van der Waals surface area contributed by atoms with Gasteiger partial charge >= 0.3 is 0 Å². The molecule has 1 N–H and O–H groups in total. The van der Waals surface area contributed by atoms with E-state index in [-0.39, 0.29) is 37.8 Å². The molecule has 2 aromatic rings. The lowest BCUT2D eigenvalue weighted by atomic mass is 10.2. The first kappa shape index (κ1) is 21.7. The molecule has 1 heterocycles. The van der Waals surface area contributed by atoms with Crippen LogP contribution in [0.25, 0.3) is 0 Å². The molecule has 29 heavy (non-hydrogen) atoms. The predicted molar refractivity (Wildman–Crippen MR) is 111 cm³/mol. The molecule has 0 bridgehead atoms. The molecule has 1 aliphatic rings. The van der Waals surface area contributed by atoms with Crippen LogP contribution in [0.3, 0.4) is 0 Å². The van der Waals surface area contributed by atoms with Crippen LogP contribution >= 0.6 is 23.2 Å². The van der Waals surface area contributed by atoms with Gasteiger partial charge in [0, 0.05) is 5.02 Å². The Morgan fingerprint density at radius 1 is 1.17 bits per heavy atom. The Morgan fingerprint density at radius 2 is 1.86 bits per heavy atom. The van der Waals surface area contributed by atoms with E-state index in [0.29, 0.717) is 4.31 Å². The second kappa shape index (κ2) is 7.67. The molecule has 0 aliphatic carbocycles. The molecule has 1 atom stereocenters. The first-order valence-corrected chi connectivity index (χ1v) is 12.0. The van der Waals surface area contributed by atoms with Crippen LogP contribution in [0.4, 0.5) is 11.4 Å². The summed E-state index contributed by atoms with van der Waals surface area (Å²) in [6.07, 6.45) is 0. The number of nitrogens with one attached hydrogen (secondary N) is 1. The summed E-state index contributed by atoms with van der Waals surface area (Å²) in [5.74, 6) is -1.76. The van der Waals surface area contributed by atoms with Crippen LogP contribution < -0.4 is 13.8 Å². The van der Waals surface area contributed by atoms with E-state index in [1.165, 1.54) is 44.4 Å². The molecular formula is C17H16Cl2N2O6S2. The van der Waals surface area contributed by atoms with E-state index in [4.69, 9.17) is 27.9 Å². The minimum Gasteiger partial charge on any atom is -0.495 e. The number of amides is 1. The van der Waals surface area contributed by atoms with Crippen LogP contribution in [0.15, 0.2) is 41.3 Å². The highest BCUT2D eigenvalue weighted by Crippen LogP contribution is 2.35. The fraction of sp³-hybridized carbons (Fsp3) is 0.235. The molecule has 1 saturated heterocycles. The Bertz CT molecular complexity index is 1200. The fourth-order valence-corrected chi connectivity index (χ4v) is 6.33. The van der Waals surface area contributed by atoms with Gasteiger partial charge in [0.05, 0.1) is 35.2 Å². The van der Waals surface area contributed by atoms with Gasteiger partial charge in [-0.25, -0.2) is 21.1 Å². The number of hydrogen-bond donors (Lipinski definition) is 1. The third-order valence-corrected chi connectivity index (χ3v) is 8.02. The lowest BCUT2D eigenvalue weighted by Crippen LogP contribution is -2.30. The zero-order valence-corrected chi connectivity index (χ0v) is 18.4. The largest absolute Gasteiger partial charge is 0.495 e. The molecule has 2 aromatic carbocycles. The molecule has 1 amide bonds. The summed E-state index contributed by atoms with van der Waals surface area (Å²) in [7, 11) is -6.90. The maximum Gasteiger partial charge on any atom is 0.265 e. The number of rotatable bonds is 5. The molecule has 1 fully saturated rings. The van der Waals surface area contributed by atoms with Gasteiger partial charge in [-0.15, -0.1) is 0 Å². The van der Waals surface area contributed by atoms with Crippen molar-refractivity contribution in [2.45, 2.75) is 11.8 Å². The van der Waals surface area contributed by atoms with Crippen molar-refractivity contribution >= 4 is 60.5 Å². The van der Waals surface area contributed by atoms with Crippen LogP contribution in [0.1, 0.15) is 6.92 Å². The van der Waals surface area contributed by atoms with Gasteiger partial charge in [-0.2, -0.15) is 0 Å². The molecule has 0 aromatic heterocycles. The molecule has 8 nitrogen and oxygen atoms in total. The number of carbonyl (C=O) groups excluding carboxylic acids is 1. The smallest absolute Gasteiger partial charge is 0.265 e. The maximum absolute atomic E-state index is 13.0. The maximum atomic E-state index is 13.0. The Kier molecular flexibility index (Phi) is 5.74. The first-order chi connectivity index (χ1) is 13.5. The minimum absolute atomic E-state index is 0.0325. The number of halogens is 2. The molecule has 12 heteroatoms. The van der Waals surface area contributed by atoms with E-state index in [1.54, 1.807) is 0 Å². The lowest BCUT2D eigenvalue weighted by Gasteiger charge is -2.18. The summed E-state index contributed by atoms with van der Waals surface area (Å²) in [6.45, 7) is 1.49. The molecule has 0 spiro atoms. The van der Waals surface area contributed by atoms with Gasteiger partial charge < -0.3 is 4.74 Å². The average molecular weight is 479 g/mol. The molecular weight excluding hydrogens is 463 g/mol. The van der Waals surface area contributed by atoms with Gasteiger partial charge in [-0.05, 0) is 36.4 Å². The van der Waals surface area contributed by atoms with Crippen LogP contribution in [-0.4, -0.2) is 35.6 Å². The van der Waals surface area contributed by atoms with Gasteiger partial charge in [0.2, 0.25) is 15.9 Å². The Morgan fingerprint density at radius 3 is 2.45 bits per heavy atom. The number of carbonyl (C=O) groups is 1. The third-order valence-electron chi connectivity index (χ3n) is 4.20. The summed E-state index contributed by atoms with van der Waals surface area (Å²) in [6, 6.07) is 7.88. The van der Waals surface area contributed by atoms with Crippen LogP contribution in [-0.2, 0) is 24.8 Å². The third kappa shape index (κ3) is 4.16. The zero-order chi connectivity index (χ0) is 21.6. The van der Waals surface area contributed by atoms with Crippen molar-refractivity contribution in [3.8, 4) is 5.75 Å². The average Bonchev–Trinajstić information content (AvgIpc) is 2.84. The van der Waals surface area contributed by atoms with E-state index < -0.39 is 31.9 Å². The Labute approximate surface area is 178 Å². The summed E-state index contributed by atoms with van der Waals surface area (Å²) in [5, 5.41) is 0.370. The molecule has 0 radical (unpaired) electrons. The molecule has 1 unspecified atom stereocenters. The predicted octanol–water partition coefficient (Wildman–Crippen LogP) is 3.12. The molecule has 156 valence electrons. The second-order valence-electron chi connectivity index (χ2n) is 6.35. The number of hydrogen-bond acceptors (Lipinski definition) is 6. The van der Waals surface area contributed by atoms with E-state index >= 15 is 0 Å². The topological polar surface area (TPSA) is 110 Å². The van der Waals surface area contributed by atoms with Gasteiger partial charge in [-0.1, -0.05) is 30.1 Å². The Balaban J connectivity index is 2.10. The molecule has 0 saturated carbocycles. The SMILES string of the molecule is COc1ccc(N2C(=O)C(C)CS2(=O)=O)cc1S(=O)(=O)Nc1cc(Cl)ccc1Cl. The summed E-state index contributed by atoms with van der Waals surface area (Å²) in [5.41, 5.74) is -0.0668. The van der Waals surface area contributed by atoms with E-state index in [0.717, 1.165) is 6.07 Å². The van der Waals surface area contributed by atoms with Gasteiger partial charge in [0.25, 0.3) is 10.0 Å². The van der Waals surface area contributed by atoms with Crippen LogP contribution in [0, 0.1) is 5.92 Å². The van der Waals surface area contributed by atoms with E-state index in [1.807, 2.05) is 0 Å². The van der Waals surface area contributed by atoms with Crippen molar-refractivity contribution < 1.29 is 26.4 Å². The summed E-state index contributed by atoms with van der Waals surface area (Å²) >= 11 is 11.9. The number of methoxy groups -OCH3 is 1. The van der Waals surface area contributed by atoms with Crippen molar-refractivity contribution in [2.75, 3.05) is 21.9 Å². The van der Waals surface area contributed by atoms with Gasteiger partial charge in [0.1, 0.15) is 10.6 Å². The van der Waals surface area contributed by atoms with Crippen LogP contribution in [0.5, 0.6) is 5.75 Å². The number of nitrogens with zero attached hydrogens (tertiary/aromatic N) is 1. The molecule has 1 aliphatic heterocycles. The summed E-state index contributed by atoms with van der Waals surface area (Å²) < 4.78 is 58.7. The van der Waals surface area contributed by atoms with Crippen LogP contribution in [0.2, 0.25) is 10.0 Å². The normalized spacial score (nSPS) is 18.7. The van der Waals surface area contributed by atoms with Crippen molar-refractivity contribution in [3.05, 3.63) is 46.4 Å². The Hall–Kier alpha value is -2.01. The quantitative estimate of drug-likeness (QED) is 0.706. The number of benzene rings is 2. The standard InChI is InChI=1S/C17H16Cl2N2O6S2/c1-10-9-28(23,24)21(17(10)22)12-4-6-15(27-2)16(8-12)29(25,26)20-14-7-11(18)3-5-13(14)19/h3-8,10,20H,9H2,1-2H3. The minimum atomic E-state index is -4.27. The highest BCUT2D eigenvalue weighted by atomic mass is 35.5. The molecule has 3 rings (SSSR count). The van der Waals surface area contributed by atoms with Crippen molar-refractivity contribution in [1.82, 2.24) is 0 Å². The van der Waals surface area contributed by atoms with Crippen molar-refractivity contribution in [3.63, 3.8) is 0 Å². The lowest BCUT2D eigenvalue weighted by molar-refractivity contribution is -0.119. The number of anilines is 2. The van der Waals surface area contributed by atoms with Crippen molar-refractivity contribution in [1.29, 1.82) is 0 Å². The fourth-order valence-electron chi connectivity index (χ4n) is 2.86. The van der Waals surface area contributed by atoms with Gasteiger partial charge in [-0.3, -0.25) is 9.52 Å². The van der Waals surface area contributed by atoms with E-state index in [9.17, 15) is 21.6 Å². The van der Waals surface area contributed by atoms with Crippen molar-refractivity contribution in [2.24, 2.45) is 5.92 Å². The highest BCUT2D eigenvalue weighted by molar-refractivity contribution is 7.94. The highest BCUT2D eigenvalue weighted by Gasteiger charge is 2.42. The zero-order valence-electron chi connectivity index (χ0n) is 15.2. The van der Waals surface area contributed by atoms with E-state index in [2.05, 4.69) is 4.72 Å². The number of ether oxygens (including phenoxy) is 1. The monoisotopic (exact) mass is 478 g/mol. The van der Waals surface area contributed by atoms with Gasteiger partial charge in [0.15, 0.2) is 0 Å². The second-order valence-corrected chi connectivity index (χ2v) is 10.7. The first-order valence-electron chi connectivity index (χ1n) is 8.19.